The Morgan fingerprint density at radius 3 is 1.12 bits per heavy atom. The van der Waals surface area contributed by atoms with Gasteiger partial charge in [0.2, 0.25) is 11.8 Å². The molecular formula is C42H54N4O6. The second-order valence-electron chi connectivity index (χ2n) is 13.8. The molecule has 3 aromatic rings. The fourth-order valence-corrected chi connectivity index (χ4v) is 6.31. The van der Waals surface area contributed by atoms with Crippen molar-refractivity contribution in [3.8, 4) is 0 Å². The van der Waals surface area contributed by atoms with Gasteiger partial charge < -0.3 is 26.4 Å². The Kier molecular flexibility index (Phi) is 16.9. The molecule has 0 saturated heterocycles. The van der Waals surface area contributed by atoms with Crippen molar-refractivity contribution in [1.82, 2.24) is 10.6 Å². The van der Waals surface area contributed by atoms with Gasteiger partial charge in [-0.2, -0.15) is 0 Å². The Hall–Kier alpha value is -4.99. The first-order valence-corrected chi connectivity index (χ1v) is 19.0. The van der Waals surface area contributed by atoms with E-state index < -0.39 is 17.8 Å². The number of hydrogen-bond donors (Lipinski definition) is 5. The highest BCUT2D eigenvalue weighted by atomic mass is 16.4. The summed E-state index contributed by atoms with van der Waals surface area (Å²) in [5, 5.41) is 21.1. The zero-order chi connectivity index (χ0) is 37.0. The Bertz CT molecular complexity index is 1510. The van der Waals surface area contributed by atoms with Gasteiger partial charge in [-0.05, 0) is 66.4 Å². The van der Waals surface area contributed by atoms with E-state index in [1.54, 1.807) is 48.5 Å². The largest absolute Gasteiger partial charge is 0.478 e. The zero-order valence-corrected chi connectivity index (χ0v) is 30.3. The predicted octanol–water partition coefficient (Wildman–Crippen LogP) is 8.77. The van der Waals surface area contributed by atoms with Crippen LogP contribution < -0.4 is 21.3 Å². The summed E-state index contributed by atoms with van der Waals surface area (Å²) in [7, 11) is 0. The predicted molar refractivity (Wildman–Crippen MR) is 204 cm³/mol. The third-order valence-corrected chi connectivity index (χ3v) is 9.39. The number of carboxylic acids is 1. The summed E-state index contributed by atoms with van der Waals surface area (Å²) in [4.78, 5) is 62.9. The second kappa shape index (κ2) is 22.1. The first-order chi connectivity index (χ1) is 25.3. The van der Waals surface area contributed by atoms with E-state index in [2.05, 4.69) is 21.3 Å². The standard InChI is InChI=1S/C42H54N4O6/c47-38-16-14-12-10-8-6-4-2-1-3-5-7-9-11-13-15-17-39(48)46-37-24-20-32(21-25-37)30-44-41(50)34-26-33(27-35(28-34)42(51)52)40(49)43-29-31-18-22-36(45-38)23-19-31/h18-28H,1-17,29-30H2,(H,43,49)(H,44,50)(H,45,47)(H,46,48)(H,51,52). The van der Waals surface area contributed by atoms with Crippen molar-refractivity contribution >= 4 is 41.0 Å². The van der Waals surface area contributed by atoms with Gasteiger partial charge in [0.1, 0.15) is 0 Å². The molecule has 0 spiro atoms. The number of benzene rings is 3. The minimum absolute atomic E-state index is 0.0151. The molecule has 0 aliphatic carbocycles. The Balaban J connectivity index is 1.35. The van der Waals surface area contributed by atoms with E-state index in [9.17, 15) is 29.1 Å². The molecule has 0 fully saturated rings. The van der Waals surface area contributed by atoms with Crippen molar-refractivity contribution in [2.75, 3.05) is 10.6 Å². The van der Waals surface area contributed by atoms with Crippen molar-refractivity contribution in [3.05, 3.63) is 94.5 Å². The molecule has 0 unspecified atom stereocenters. The van der Waals surface area contributed by atoms with Gasteiger partial charge in [-0.25, -0.2) is 4.79 Å². The fourth-order valence-electron chi connectivity index (χ4n) is 6.31. The summed E-state index contributed by atoms with van der Waals surface area (Å²) in [6, 6.07) is 18.2. The van der Waals surface area contributed by atoms with E-state index in [0.717, 1.165) is 49.7 Å². The number of carboxylic acid groups (broad SMARTS) is 1. The lowest BCUT2D eigenvalue weighted by Crippen LogP contribution is -2.26. The lowest BCUT2D eigenvalue weighted by molar-refractivity contribution is -0.117. The maximum absolute atomic E-state index is 13.1. The molecule has 10 nitrogen and oxygen atoms in total. The number of hydrogen-bond acceptors (Lipinski definition) is 5. The van der Waals surface area contributed by atoms with Crippen LogP contribution in [0.1, 0.15) is 151 Å². The molecule has 0 atom stereocenters. The van der Waals surface area contributed by atoms with Crippen LogP contribution in [-0.4, -0.2) is 34.7 Å². The van der Waals surface area contributed by atoms with Gasteiger partial charge in [-0.3, -0.25) is 19.2 Å². The van der Waals surface area contributed by atoms with Crippen LogP contribution in [-0.2, 0) is 22.7 Å². The van der Waals surface area contributed by atoms with Crippen LogP contribution in [0.3, 0.4) is 0 Å². The van der Waals surface area contributed by atoms with Crippen LogP contribution in [0, 0.1) is 0 Å². The lowest BCUT2D eigenvalue weighted by Gasteiger charge is -2.11. The molecule has 3 aliphatic rings. The summed E-state index contributed by atoms with van der Waals surface area (Å²) in [6.07, 6.45) is 18.5. The number of rotatable bonds is 1. The second-order valence-corrected chi connectivity index (χ2v) is 13.8. The average Bonchev–Trinajstić information content (AvgIpc) is 3.14. The minimum atomic E-state index is -1.26. The summed E-state index contributed by atoms with van der Waals surface area (Å²) >= 11 is 0. The first kappa shape index (κ1) is 39.8. The third kappa shape index (κ3) is 14.7. The van der Waals surface area contributed by atoms with Crippen molar-refractivity contribution in [3.63, 3.8) is 0 Å². The summed E-state index contributed by atoms with van der Waals surface area (Å²) in [5.74, 6) is -2.34. The normalized spacial score (nSPS) is 17.5. The monoisotopic (exact) mass is 710 g/mol. The molecule has 0 aromatic heterocycles. The van der Waals surface area contributed by atoms with Crippen molar-refractivity contribution < 1.29 is 29.1 Å². The summed E-state index contributed by atoms with van der Waals surface area (Å²) in [6.45, 7) is 0.338. The number of nitrogens with one attached hydrogen (secondary N) is 4. The van der Waals surface area contributed by atoms with Crippen LogP contribution in [0.15, 0.2) is 66.7 Å². The molecule has 6 bridgehead atoms. The lowest BCUT2D eigenvalue weighted by atomic mass is 10.0. The maximum atomic E-state index is 13.1. The first-order valence-electron chi connectivity index (χ1n) is 19.0. The van der Waals surface area contributed by atoms with Gasteiger partial charge in [0, 0.05) is 48.4 Å². The molecule has 278 valence electrons. The van der Waals surface area contributed by atoms with Crippen LogP contribution >= 0.6 is 0 Å². The molecule has 52 heavy (non-hydrogen) atoms. The molecule has 6 rings (SSSR count). The van der Waals surface area contributed by atoms with Gasteiger partial charge in [0.05, 0.1) is 5.56 Å². The summed E-state index contributed by atoms with van der Waals surface area (Å²) in [5.41, 5.74) is 2.85. The highest BCUT2D eigenvalue weighted by Gasteiger charge is 2.16. The molecule has 3 aliphatic heterocycles. The molecule has 3 heterocycles. The van der Waals surface area contributed by atoms with Gasteiger partial charge in [0.25, 0.3) is 11.8 Å². The Morgan fingerprint density at radius 1 is 0.462 bits per heavy atom. The fraction of sp³-hybridized carbons (Fsp3) is 0.452. The van der Waals surface area contributed by atoms with Gasteiger partial charge in [-0.15, -0.1) is 0 Å². The van der Waals surface area contributed by atoms with E-state index in [1.165, 1.54) is 76.0 Å². The highest BCUT2D eigenvalue weighted by molar-refractivity contribution is 6.03. The van der Waals surface area contributed by atoms with E-state index in [-0.39, 0.29) is 41.6 Å². The summed E-state index contributed by atoms with van der Waals surface area (Å²) < 4.78 is 0. The minimum Gasteiger partial charge on any atom is -0.478 e. The Morgan fingerprint density at radius 2 is 0.788 bits per heavy atom. The van der Waals surface area contributed by atoms with Crippen molar-refractivity contribution in [2.24, 2.45) is 0 Å². The van der Waals surface area contributed by atoms with Crippen LogP contribution in [0.2, 0.25) is 0 Å². The Labute approximate surface area is 307 Å². The SMILES string of the molecule is O=C1CCCCCCCCCCCCCCCCCC(=O)Nc2ccc(cc2)CNC(=O)c2cc(C(=O)O)cc(c2)C(=O)NCc2ccc(cc2)N1. The number of anilines is 2. The van der Waals surface area contributed by atoms with Crippen molar-refractivity contribution in [1.29, 1.82) is 0 Å². The zero-order valence-electron chi connectivity index (χ0n) is 30.3. The topological polar surface area (TPSA) is 154 Å². The molecular weight excluding hydrogens is 656 g/mol. The van der Waals surface area contributed by atoms with Crippen molar-refractivity contribution in [2.45, 2.75) is 122 Å². The number of carbonyl (C=O) groups is 5. The van der Waals surface area contributed by atoms with E-state index in [4.69, 9.17) is 0 Å². The third-order valence-electron chi connectivity index (χ3n) is 9.39. The number of carbonyl (C=O) groups excluding carboxylic acids is 4. The molecule has 0 radical (unpaired) electrons. The maximum Gasteiger partial charge on any atom is 0.335 e. The smallest absolute Gasteiger partial charge is 0.335 e. The number of aromatic carboxylic acids is 1. The number of amides is 4. The van der Waals surface area contributed by atoms with Crippen LogP contribution in [0.5, 0.6) is 0 Å². The molecule has 3 aromatic carbocycles. The van der Waals surface area contributed by atoms with Crippen LogP contribution in [0.25, 0.3) is 0 Å². The average molecular weight is 711 g/mol. The molecule has 10 heteroatoms. The highest BCUT2D eigenvalue weighted by Crippen LogP contribution is 2.17. The molecule has 4 amide bonds. The van der Waals surface area contributed by atoms with E-state index >= 15 is 0 Å². The van der Waals surface area contributed by atoms with Gasteiger partial charge in [0.15, 0.2) is 0 Å². The van der Waals surface area contributed by atoms with E-state index in [1.807, 2.05) is 0 Å². The quantitative estimate of drug-likeness (QED) is 0.170. The number of fused-ring (bicyclic) bond motifs is 2. The van der Waals surface area contributed by atoms with Gasteiger partial charge in [-0.1, -0.05) is 108 Å². The van der Waals surface area contributed by atoms with Gasteiger partial charge >= 0.3 is 5.97 Å². The molecule has 5 N–H and O–H groups in total. The van der Waals surface area contributed by atoms with E-state index in [0.29, 0.717) is 24.2 Å². The van der Waals surface area contributed by atoms with Crippen LogP contribution in [0.4, 0.5) is 11.4 Å². The molecule has 0 saturated carbocycles.